The van der Waals surface area contributed by atoms with Gasteiger partial charge < -0.3 is 15.4 Å². The molecular weight excluding hydrogens is 375 g/mol. The maximum Gasteiger partial charge on any atom is 0.191 e. The zero-order chi connectivity index (χ0) is 17.6. The highest BCUT2D eigenvalue weighted by molar-refractivity contribution is 9.10. The number of aliphatic imine (C=N–C) groups is 1. The van der Waals surface area contributed by atoms with Crippen molar-refractivity contribution in [3.63, 3.8) is 0 Å². The van der Waals surface area contributed by atoms with Gasteiger partial charge in [-0.15, -0.1) is 0 Å². The van der Waals surface area contributed by atoms with Crippen molar-refractivity contribution >= 4 is 21.9 Å². The van der Waals surface area contributed by atoms with Crippen molar-refractivity contribution in [2.75, 3.05) is 39.9 Å². The highest BCUT2D eigenvalue weighted by Gasteiger charge is 2.28. The van der Waals surface area contributed by atoms with E-state index in [2.05, 4.69) is 50.3 Å². The SMILES string of the molecule is CN=C(NCc1cc(Br)ccc1F)NCC(C)(C)N1CCOCC1. The van der Waals surface area contributed by atoms with Crippen LogP contribution >= 0.6 is 15.9 Å². The highest BCUT2D eigenvalue weighted by Crippen LogP contribution is 2.16. The number of halogens is 2. The first-order valence-corrected chi connectivity index (χ1v) is 8.93. The van der Waals surface area contributed by atoms with Crippen molar-refractivity contribution in [1.29, 1.82) is 0 Å². The molecule has 1 aliphatic rings. The van der Waals surface area contributed by atoms with E-state index in [9.17, 15) is 4.39 Å². The van der Waals surface area contributed by atoms with Gasteiger partial charge in [0, 0.05) is 48.8 Å². The molecule has 1 saturated heterocycles. The normalized spacial score (nSPS) is 17.0. The Morgan fingerprint density at radius 1 is 1.33 bits per heavy atom. The molecule has 0 spiro atoms. The summed E-state index contributed by atoms with van der Waals surface area (Å²) >= 11 is 3.37. The third kappa shape index (κ3) is 5.43. The molecule has 134 valence electrons. The predicted octanol–water partition coefficient (Wildman–Crippen LogP) is 2.36. The Morgan fingerprint density at radius 3 is 2.71 bits per heavy atom. The molecule has 0 unspecified atom stereocenters. The standard InChI is InChI=1S/C17H26BrFN4O/c1-17(2,23-6-8-24-9-7-23)12-22-16(20-3)21-11-13-10-14(18)4-5-15(13)19/h4-5,10H,6-9,11-12H2,1-3H3,(H2,20,21,22). The number of nitrogens with zero attached hydrogens (tertiary/aromatic N) is 2. The van der Waals surface area contributed by atoms with Gasteiger partial charge in [0.1, 0.15) is 5.82 Å². The summed E-state index contributed by atoms with van der Waals surface area (Å²) in [5.74, 6) is 0.436. The number of hydrogen-bond acceptors (Lipinski definition) is 3. The summed E-state index contributed by atoms with van der Waals surface area (Å²) in [5.41, 5.74) is 0.586. The van der Waals surface area contributed by atoms with Gasteiger partial charge in [0.05, 0.1) is 13.2 Å². The van der Waals surface area contributed by atoms with Gasteiger partial charge >= 0.3 is 0 Å². The van der Waals surface area contributed by atoms with Crippen LogP contribution in [0, 0.1) is 5.82 Å². The first-order chi connectivity index (χ1) is 11.4. The van der Waals surface area contributed by atoms with Gasteiger partial charge in [0.25, 0.3) is 0 Å². The van der Waals surface area contributed by atoms with Crippen molar-refractivity contribution in [2.24, 2.45) is 4.99 Å². The van der Waals surface area contributed by atoms with Crippen LogP contribution in [0.4, 0.5) is 4.39 Å². The molecule has 1 fully saturated rings. The minimum Gasteiger partial charge on any atom is -0.379 e. The molecule has 0 amide bonds. The number of nitrogens with one attached hydrogen (secondary N) is 2. The quantitative estimate of drug-likeness (QED) is 0.588. The van der Waals surface area contributed by atoms with Gasteiger partial charge in [-0.05, 0) is 32.0 Å². The summed E-state index contributed by atoms with van der Waals surface area (Å²) < 4.78 is 20.1. The molecule has 1 aliphatic heterocycles. The first-order valence-electron chi connectivity index (χ1n) is 8.13. The molecule has 1 aromatic carbocycles. The molecule has 7 heteroatoms. The molecule has 1 aromatic rings. The van der Waals surface area contributed by atoms with Crippen molar-refractivity contribution in [3.8, 4) is 0 Å². The summed E-state index contributed by atoms with van der Waals surface area (Å²) in [6.45, 7) is 8.95. The summed E-state index contributed by atoms with van der Waals surface area (Å²) in [6, 6.07) is 4.92. The Hall–Kier alpha value is -1.18. The molecular formula is C17H26BrFN4O. The first kappa shape index (κ1) is 19.1. The van der Waals surface area contributed by atoms with Gasteiger partial charge in [0.2, 0.25) is 0 Å². The third-order valence-corrected chi connectivity index (χ3v) is 4.73. The lowest BCUT2D eigenvalue weighted by Gasteiger charge is -2.41. The lowest BCUT2D eigenvalue weighted by Crippen LogP contribution is -2.56. The largest absolute Gasteiger partial charge is 0.379 e. The monoisotopic (exact) mass is 400 g/mol. The van der Waals surface area contributed by atoms with Gasteiger partial charge in [-0.3, -0.25) is 9.89 Å². The Balaban J connectivity index is 1.87. The number of ether oxygens (including phenoxy) is 1. The average molecular weight is 401 g/mol. The Bertz CT molecular complexity index is 574. The Kier molecular flexibility index (Phi) is 7.01. The summed E-state index contributed by atoms with van der Waals surface area (Å²) in [4.78, 5) is 6.63. The molecule has 0 saturated carbocycles. The fraction of sp³-hybridized carbons (Fsp3) is 0.588. The fourth-order valence-electron chi connectivity index (χ4n) is 2.66. The molecule has 0 aromatic heterocycles. The third-order valence-electron chi connectivity index (χ3n) is 4.23. The van der Waals surface area contributed by atoms with E-state index < -0.39 is 0 Å². The molecule has 1 heterocycles. The van der Waals surface area contributed by atoms with Crippen LogP contribution in [0.5, 0.6) is 0 Å². The van der Waals surface area contributed by atoms with Crippen LogP contribution in [0.1, 0.15) is 19.4 Å². The van der Waals surface area contributed by atoms with Crippen LogP contribution in [0.3, 0.4) is 0 Å². The van der Waals surface area contributed by atoms with Gasteiger partial charge in [-0.1, -0.05) is 15.9 Å². The molecule has 0 bridgehead atoms. The molecule has 0 aliphatic carbocycles. The van der Waals surface area contributed by atoms with Crippen molar-refractivity contribution in [3.05, 3.63) is 34.1 Å². The summed E-state index contributed by atoms with van der Waals surface area (Å²) in [7, 11) is 1.72. The van der Waals surface area contributed by atoms with Crippen LogP contribution < -0.4 is 10.6 Å². The van der Waals surface area contributed by atoms with E-state index in [0.29, 0.717) is 18.1 Å². The minimum absolute atomic E-state index is 0.0115. The van der Waals surface area contributed by atoms with Crippen LogP contribution in [-0.2, 0) is 11.3 Å². The van der Waals surface area contributed by atoms with Crippen LogP contribution in [0.2, 0.25) is 0 Å². The Labute approximate surface area is 151 Å². The number of morpholine rings is 1. The summed E-state index contributed by atoms with van der Waals surface area (Å²) in [6.07, 6.45) is 0. The lowest BCUT2D eigenvalue weighted by atomic mass is 10.0. The molecule has 2 N–H and O–H groups in total. The zero-order valence-electron chi connectivity index (χ0n) is 14.5. The average Bonchev–Trinajstić information content (AvgIpc) is 2.58. The number of benzene rings is 1. The maximum atomic E-state index is 13.8. The van der Waals surface area contributed by atoms with E-state index in [-0.39, 0.29) is 11.4 Å². The smallest absolute Gasteiger partial charge is 0.191 e. The van der Waals surface area contributed by atoms with Crippen LogP contribution in [-0.4, -0.2) is 56.3 Å². The molecule has 0 radical (unpaired) electrons. The number of rotatable bonds is 5. The van der Waals surface area contributed by atoms with E-state index in [4.69, 9.17) is 4.74 Å². The van der Waals surface area contributed by atoms with E-state index in [1.54, 1.807) is 19.2 Å². The highest BCUT2D eigenvalue weighted by atomic mass is 79.9. The number of guanidine groups is 1. The van der Waals surface area contributed by atoms with Crippen molar-refractivity contribution < 1.29 is 9.13 Å². The molecule has 24 heavy (non-hydrogen) atoms. The van der Waals surface area contributed by atoms with Gasteiger partial charge in [-0.2, -0.15) is 0 Å². The lowest BCUT2D eigenvalue weighted by molar-refractivity contribution is -0.00834. The second-order valence-electron chi connectivity index (χ2n) is 6.43. The second-order valence-corrected chi connectivity index (χ2v) is 7.34. The molecule has 0 atom stereocenters. The molecule has 2 rings (SSSR count). The van der Waals surface area contributed by atoms with Crippen LogP contribution in [0.25, 0.3) is 0 Å². The van der Waals surface area contributed by atoms with E-state index in [0.717, 1.165) is 37.3 Å². The van der Waals surface area contributed by atoms with Crippen molar-refractivity contribution in [1.82, 2.24) is 15.5 Å². The van der Waals surface area contributed by atoms with E-state index in [1.165, 1.54) is 6.07 Å². The van der Waals surface area contributed by atoms with E-state index in [1.807, 2.05) is 0 Å². The fourth-order valence-corrected chi connectivity index (χ4v) is 3.07. The zero-order valence-corrected chi connectivity index (χ0v) is 16.1. The second kappa shape index (κ2) is 8.78. The predicted molar refractivity (Wildman–Crippen MR) is 98.8 cm³/mol. The van der Waals surface area contributed by atoms with Crippen molar-refractivity contribution in [2.45, 2.75) is 25.9 Å². The van der Waals surface area contributed by atoms with Gasteiger partial charge in [-0.25, -0.2) is 4.39 Å². The number of hydrogen-bond donors (Lipinski definition) is 2. The van der Waals surface area contributed by atoms with Crippen LogP contribution in [0.15, 0.2) is 27.7 Å². The minimum atomic E-state index is -0.227. The van der Waals surface area contributed by atoms with Gasteiger partial charge in [0.15, 0.2) is 5.96 Å². The Morgan fingerprint density at radius 2 is 2.04 bits per heavy atom. The summed E-state index contributed by atoms with van der Waals surface area (Å²) in [5, 5.41) is 6.50. The topological polar surface area (TPSA) is 48.9 Å². The maximum absolute atomic E-state index is 13.8. The van der Waals surface area contributed by atoms with E-state index >= 15 is 0 Å². The molecule has 5 nitrogen and oxygen atoms in total.